The van der Waals surface area contributed by atoms with Gasteiger partial charge in [0.05, 0.1) is 50.1 Å². The second-order valence-corrected chi connectivity index (χ2v) is 14.4. The number of nitrogens with zero attached hydrogens (tertiary/aromatic N) is 4. The van der Waals surface area contributed by atoms with Crippen LogP contribution in [0.2, 0.25) is 0 Å². The Kier molecular flexibility index (Phi) is 9.26. The second kappa shape index (κ2) is 14.3. The zero-order valence-corrected chi connectivity index (χ0v) is 30.2. The summed E-state index contributed by atoms with van der Waals surface area (Å²) in [5.74, 6) is 1.16. The van der Waals surface area contributed by atoms with Crippen LogP contribution in [0.1, 0.15) is 55.8 Å². The molecule has 278 valence electrons. The lowest BCUT2D eigenvalue weighted by Crippen LogP contribution is -2.40. The summed E-state index contributed by atoms with van der Waals surface area (Å²) < 4.78 is 9.21. The number of fused-ring (bicyclic) bond motifs is 1. The highest BCUT2D eigenvalue weighted by Gasteiger charge is 2.54. The molecule has 5 aromatic rings. The number of carbonyl (C=O) groups excluding carboxylic acids is 4. The van der Waals surface area contributed by atoms with Crippen molar-refractivity contribution in [2.24, 2.45) is 5.41 Å². The number of hydrogen-bond donors (Lipinski definition) is 4. The number of methoxy groups -OCH3 is 2. The van der Waals surface area contributed by atoms with Crippen molar-refractivity contribution in [3.05, 3.63) is 84.7 Å². The van der Waals surface area contributed by atoms with Gasteiger partial charge in [-0.2, -0.15) is 0 Å². The van der Waals surface area contributed by atoms with Gasteiger partial charge in [0.1, 0.15) is 24.7 Å². The number of likely N-dealkylation sites (tertiary alicyclic amines) is 2. The Labute approximate surface area is 311 Å². The van der Waals surface area contributed by atoms with E-state index in [2.05, 4.69) is 95.7 Å². The van der Waals surface area contributed by atoms with Crippen LogP contribution in [0.25, 0.3) is 44.4 Å². The van der Waals surface area contributed by atoms with Gasteiger partial charge in [0, 0.05) is 18.7 Å². The van der Waals surface area contributed by atoms with E-state index in [-0.39, 0.29) is 42.4 Å². The third-order valence-electron chi connectivity index (χ3n) is 11.0. The normalized spacial score (nSPS) is 18.6. The Balaban J connectivity index is 0.937. The number of H-pyrrole nitrogens is 2. The monoisotopic (exact) mass is 730 g/mol. The Hall–Kier alpha value is -6.18. The molecule has 3 aromatic carbocycles. The van der Waals surface area contributed by atoms with Gasteiger partial charge in [-0.1, -0.05) is 48.5 Å². The number of ether oxygens (including phenoxy) is 2. The first-order valence-corrected chi connectivity index (χ1v) is 18.2. The van der Waals surface area contributed by atoms with Crippen molar-refractivity contribution < 1.29 is 28.7 Å². The Morgan fingerprint density at radius 3 is 1.89 bits per heavy atom. The Bertz CT molecular complexity index is 2220. The first kappa shape index (κ1) is 34.9. The van der Waals surface area contributed by atoms with E-state index in [0.717, 1.165) is 88.2 Å². The van der Waals surface area contributed by atoms with Crippen LogP contribution in [0.3, 0.4) is 0 Å². The van der Waals surface area contributed by atoms with Gasteiger partial charge in [-0.05, 0) is 77.1 Å². The number of carbonyl (C=O) groups is 4. The zero-order valence-electron chi connectivity index (χ0n) is 30.2. The largest absolute Gasteiger partial charge is 0.453 e. The highest BCUT2D eigenvalue weighted by molar-refractivity contribution is 5.91. The summed E-state index contributed by atoms with van der Waals surface area (Å²) in [6, 6.07) is 20.7. The molecule has 54 heavy (non-hydrogen) atoms. The molecular formula is C40H42N8O6. The van der Waals surface area contributed by atoms with E-state index >= 15 is 0 Å². The molecule has 2 aromatic heterocycles. The van der Waals surface area contributed by atoms with Crippen molar-refractivity contribution in [3.63, 3.8) is 0 Å². The lowest BCUT2D eigenvalue weighted by atomic mass is 9.98. The van der Waals surface area contributed by atoms with E-state index < -0.39 is 12.2 Å². The lowest BCUT2D eigenvalue weighted by Gasteiger charge is -2.23. The maximum atomic E-state index is 13.1. The van der Waals surface area contributed by atoms with Crippen molar-refractivity contribution in [1.82, 2.24) is 40.4 Å². The molecule has 1 aliphatic carbocycles. The van der Waals surface area contributed by atoms with Crippen LogP contribution >= 0.6 is 0 Å². The smallest absolute Gasteiger partial charge is 0.407 e. The average Bonchev–Trinajstić information content (AvgIpc) is 3.74. The maximum absolute atomic E-state index is 13.1. The summed E-state index contributed by atoms with van der Waals surface area (Å²) >= 11 is 0. The summed E-state index contributed by atoms with van der Waals surface area (Å²) in [6.07, 6.45) is 7.07. The van der Waals surface area contributed by atoms with Gasteiger partial charge in [-0.25, -0.2) is 19.6 Å². The lowest BCUT2D eigenvalue weighted by molar-refractivity contribution is -0.132. The molecule has 4 amide bonds. The first-order chi connectivity index (χ1) is 26.2. The van der Waals surface area contributed by atoms with Crippen molar-refractivity contribution in [3.8, 4) is 33.6 Å². The number of rotatable bonds is 9. The minimum atomic E-state index is -0.635. The molecule has 4 N–H and O–H groups in total. The standard InChI is InChI=1S/C40H42N8O6/c1-53-38(51)43-21-34(49)47-15-3-4-32(47)36-41-19-30(45-36)25-7-5-24(6-8-25)26-9-10-28-17-29(12-11-27(28)16-26)31-20-42-37(46-31)33-18-40(13-14-40)23-48(33)35(50)22-44-39(52)54-2/h5-12,16-17,19-20,32-33H,3-4,13-15,18,21-23H2,1-2H3,(H,41,45)(H,42,46)(H,43,51)(H,44,52)/t32-,33?/m0/s1. The predicted molar refractivity (Wildman–Crippen MR) is 200 cm³/mol. The fraction of sp³-hybridized carbons (Fsp3) is 0.350. The highest BCUT2D eigenvalue weighted by Crippen LogP contribution is 2.58. The molecule has 3 aliphatic rings. The summed E-state index contributed by atoms with van der Waals surface area (Å²) in [5.41, 5.74) is 6.07. The SMILES string of the molecule is COC(=O)NCC(=O)N1CC2(CC2)CC1c1ncc(-c2ccc3cc(-c4ccc(-c5cnc([C@@H]6CCCN6C(=O)CNC(=O)OC)[nH]5)cc4)ccc3c2)[nH]1. The minimum Gasteiger partial charge on any atom is -0.453 e. The fourth-order valence-electron chi connectivity index (χ4n) is 7.83. The van der Waals surface area contributed by atoms with Crippen LogP contribution < -0.4 is 10.6 Å². The number of aromatic nitrogens is 4. The van der Waals surface area contributed by atoms with Crippen LogP contribution in [0, 0.1) is 5.41 Å². The molecule has 14 nitrogen and oxygen atoms in total. The number of hydrogen-bond acceptors (Lipinski definition) is 8. The second-order valence-electron chi connectivity index (χ2n) is 14.4. The average molecular weight is 731 g/mol. The maximum Gasteiger partial charge on any atom is 0.407 e. The van der Waals surface area contributed by atoms with Crippen LogP contribution in [0.4, 0.5) is 9.59 Å². The molecule has 3 fully saturated rings. The van der Waals surface area contributed by atoms with Gasteiger partial charge >= 0.3 is 12.2 Å². The number of aromatic amines is 2. The summed E-state index contributed by atoms with van der Waals surface area (Å²) in [5, 5.41) is 7.18. The van der Waals surface area contributed by atoms with Crippen LogP contribution in [-0.4, -0.2) is 94.1 Å². The van der Waals surface area contributed by atoms with E-state index in [0.29, 0.717) is 13.1 Å². The molecule has 14 heteroatoms. The van der Waals surface area contributed by atoms with Gasteiger partial charge in [-0.15, -0.1) is 0 Å². The van der Waals surface area contributed by atoms with E-state index in [1.165, 1.54) is 14.2 Å². The topological polar surface area (TPSA) is 175 Å². The molecule has 1 spiro atoms. The van der Waals surface area contributed by atoms with Gasteiger partial charge in [-0.3, -0.25) is 9.59 Å². The van der Waals surface area contributed by atoms with Gasteiger partial charge < -0.3 is 39.9 Å². The number of alkyl carbamates (subject to hydrolysis) is 2. The first-order valence-electron chi connectivity index (χ1n) is 18.2. The van der Waals surface area contributed by atoms with Gasteiger partial charge in [0.15, 0.2) is 0 Å². The van der Waals surface area contributed by atoms with Crippen LogP contribution in [-0.2, 0) is 19.1 Å². The predicted octanol–water partition coefficient (Wildman–Crippen LogP) is 5.72. The fourth-order valence-corrected chi connectivity index (χ4v) is 7.83. The van der Waals surface area contributed by atoms with E-state index in [1.54, 1.807) is 11.1 Å². The number of imidazole rings is 2. The third kappa shape index (κ3) is 6.98. The zero-order chi connectivity index (χ0) is 37.4. The molecule has 8 rings (SSSR count). The summed E-state index contributed by atoms with van der Waals surface area (Å²) in [6.45, 7) is 1.05. The molecule has 0 bridgehead atoms. The highest BCUT2D eigenvalue weighted by atomic mass is 16.5. The minimum absolute atomic E-state index is 0.112. The molecule has 0 radical (unpaired) electrons. The number of amides is 4. The molecule has 4 heterocycles. The summed E-state index contributed by atoms with van der Waals surface area (Å²) in [4.78, 5) is 68.7. The van der Waals surface area contributed by atoms with Crippen LogP contribution in [0.5, 0.6) is 0 Å². The van der Waals surface area contributed by atoms with Crippen molar-refractivity contribution >= 4 is 34.8 Å². The molecule has 1 unspecified atom stereocenters. The number of benzene rings is 3. The molecule has 2 atom stereocenters. The van der Waals surface area contributed by atoms with E-state index in [1.807, 2.05) is 11.1 Å². The molecule has 2 saturated heterocycles. The molecule has 2 aliphatic heterocycles. The summed E-state index contributed by atoms with van der Waals surface area (Å²) in [7, 11) is 2.55. The quantitative estimate of drug-likeness (QED) is 0.149. The van der Waals surface area contributed by atoms with Crippen molar-refractivity contribution in [2.45, 2.75) is 44.2 Å². The van der Waals surface area contributed by atoms with Crippen LogP contribution in [0.15, 0.2) is 73.1 Å². The number of nitrogens with one attached hydrogen (secondary N) is 4. The molecule has 1 saturated carbocycles. The Morgan fingerprint density at radius 2 is 1.26 bits per heavy atom. The van der Waals surface area contributed by atoms with Gasteiger partial charge in [0.2, 0.25) is 11.8 Å². The van der Waals surface area contributed by atoms with Crippen molar-refractivity contribution in [2.75, 3.05) is 40.4 Å². The van der Waals surface area contributed by atoms with Crippen molar-refractivity contribution in [1.29, 1.82) is 0 Å². The molecular weight excluding hydrogens is 688 g/mol. The Morgan fingerprint density at radius 1 is 0.722 bits per heavy atom. The third-order valence-corrected chi connectivity index (χ3v) is 11.0. The van der Waals surface area contributed by atoms with E-state index in [4.69, 9.17) is 4.98 Å². The van der Waals surface area contributed by atoms with Gasteiger partial charge in [0.25, 0.3) is 0 Å². The van der Waals surface area contributed by atoms with E-state index in [9.17, 15) is 19.2 Å².